The standard InChI is InChI=1S/C18H20BrNO2/c1-12(2)16-9-4-13(3)10-17(16)22-11-18(21)20-15-7-5-14(19)6-8-15/h4-10,12H,11H2,1-3H3,(H,20,21). The Morgan fingerprint density at radius 3 is 2.50 bits per heavy atom. The molecule has 2 aromatic carbocycles. The third-order valence-corrected chi connectivity index (χ3v) is 3.81. The van der Waals surface area contributed by atoms with Gasteiger partial charge in [-0.25, -0.2) is 0 Å². The molecule has 0 bridgehead atoms. The van der Waals surface area contributed by atoms with Crippen LogP contribution in [-0.2, 0) is 4.79 Å². The Bertz CT molecular complexity index is 651. The first-order valence-corrected chi connectivity index (χ1v) is 8.04. The molecule has 0 spiro atoms. The van der Waals surface area contributed by atoms with Crippen LogP contribution in [0.1, 0.15) is 30.9 Å². The van der Waals surface area contributed by atoms with Gasteiger partial charge in [-0.15, -0.1) is 0 Å². The Hall–Kier alpha value is -1.81. The molecule has 0 atom stereocenters. The number of halogens is 1. The van der Waals surface area contributed by atoms with Crippen LogP contribution in [0.4, 0.5) is 5.69 Å². The van der Waals surface area contributed by atoms with Gasteiger partial charge in [0.05, 0.1) is 0 Å². The van der Waals surface area contributed by atoms with E-state index in [2.05, 4.69) is 47.2 Å². The second-order valence-corrected chi connectivity index (χ2v) is 6.46. The van der Waals surface area contributed by atoms with E-state index in [1.807, 2.05) is 37.3 Å². The van der Waals surface area contributed by atoms with Crippen molar-refractivity contribution in [1.82, 2.24) is 0 Å². The lowest BCUT2D eigenvalue weighted by Crippen LogP contribution is -2.20. The summed E-state index contributed by atoms with van der Waals surface area (Å²) < 4.78 is 6.69. The van der Waals surface area contributed by atoms with E-state index in [-0.39, 0.29) is 12.5 Å². The molecule has 4 heteroatoms. The SMILES string of the molecule is Cc1ccc(C(C)C)c(OCC(=O)Nc2ccc(Br)cc2)c1. The molecule has 0 aliphatic carbocycles. The zero-order chi connectivity index (χ0) is 16.1. The topological polar surface area (TPSA) is 38.3 Å². The van der Waals surface area contributed by atoms with E-state index < -0.39 is 0 Å². The van der Waals surface area contributed by atoms with Gasteiger partial charge in [0, 0.05) is 10.2 Å². The number of rotatable bonds is 5. The van der Waals surface area contributed by atoms with E-state index in [9.17, 15) is 4.79 Å². The third kappa shape index (κ3) is 4.60. The minimum absolute atomic E-state index is 0.000757. The summed E-state index contributed by atoms with van der Waals surface area (Å²) in [6.45, 7) is 6.23. The predicted octanol–water partition coefficient (Wildman–Crippen LogP) is 4.90. The van der Waals surface area contributed by atoms with Crippen LogP contribution in [0.25, 0.3) is 0 Å². The van der Waals surface area contributed by atoms with Gasteiger partial charge in [0.15, 0.2) is 6.61 Å². The summed E-state index contributed by atoms with van der Waals surface area (Å²) in [7, 11) is 0. The second kappa shape index (κ2) is 7.45. The summed E-state index contributed by atoms with van der Waals surface area (Å²) in [6, 6.07) is 13.5. The average Bonchev–Trinajstić information content (AvgIpc) is 2.47. The van der Waals surface area contributed by atoms with Crippen LogP contribution in [-0.4, -0.2) is 12.5 Å². The van der Waals surface area contributed by atoms with Gasteiger partial charge in [-0.1, -0.05) is 41.9 Å². The van der Waals surface area contributed by atoms with Crippen molar-refractivity contribution >= 4 is 27.5 Å². The van der Waals surface area contributed by atoms with Crippen LogP contribution in [0.3, 0.4) is 0 Å². The van der Waals surface area contributed by atoms with Gasteiger partial charge in [0.1, 0.15) is 5.75 Å². The zero-order valence-electron chi connectivity index (χ0n) is 13.0. The predicted molar refractivity (Wildman–Crippen MR) is 93.5 cm³/mol. The normalized spacial score (nSPS) is 10.6. The Balaban J connectivity index is 1.99. The van der Waals surface area contributed by atoms with E-state index >= 15 is 0 Å². The Morgan fingerprint density at radius 2 is 1.86 bits per heavy atom. The highest BCUT2D eigenvalue weighted by Crippen LogP contribution is 2.27. The lowest BCUT2D eigenvalue weighted by molar-refractivity contribution is -0.118. The van der Waals surface area contributed by atoms with Gasteiger partial charge in [-0.2, -0.15) is 0 Å². The molecule has 22 heavy (non-hydrogen) atoms. The number of benzene rings is 2. The summed E-state index contributed by atoms with van der Waals surface area (Å²) >= 11 is 3.36. The van der Waals surface area contributed by atoms with Crippen LogP contribution in [0.2, 0.25) is 0 Å². The van der Waals surface area contributed by atoms with Crippen LogP contribution < -0.4 is 10.1 Å². The Kier molecular flexibility index (Phi) is 5.61. The number of anilines is 1. The highest BCUT2D eigenvalue weighted by Gasteiger charge is 2.10. The van der Waals surface area contributed by atoms with E-state index in [1.54, 1.807) is 0 Å². The maximum Gasteiger partial charge on any atom is 0.262 e. The molecule has 0 aliphatic heterocycles. The van der Waals surface area contributed by atoms with Gasteiger partial charge < -0.3 is 10.1 Å². The van der Waals surface area contributed by atoms with Gasteiger partial charge in [0.25, 0.3) is 5.91 Å². The Morgan fingerprint density at radius 1 is 1.18 bits per heavy atom. The first kappa shape index (κ1) is 16.6. The fourth-order valence-corrected chi connectivity index (χ4v) is 2.38. The maximum absolute atomic E-state index is 12.0. The first-order valence-electron chi connectivity index (χ1n) is 7.24. The molecule has 0 saturated heterocycles. The smallest absolute Gasteiger partial charge is 0.262 e. The monoisotopic (exact) mass is 361 g/mol. The molecule has 0 saturated carbocycles. The molecule has 116 valence electrons. The Labute approximate surface area is 139 Å². The van der Waals surface area contributed by atoms with Crippen molar-refractivity contribution in [3.05, 3.63) is 58.1 Å². The van der Waals surface area contributed by atoms with Crippen molar-refractivity contribution in [3.63, 3.8) is 0 Å². The van der Waals surface area contributed by atoms with Crippen molar-refractivity contribution in [2.45, 2.75) is 26.7 Å². The summed E-state index contributed by atoms with van der Waals surface area (Å²) in [6.07, 6.45) is 0. The number of carbonyl (C=O) groups excluding carboxylic acids is 1. The first-order chi connectivity index (χ1) is 10.5. The molecule has 0 aliphatic rings. The molecule has 1 amide bonds. The lowest BCUT2D eigenvalue weighted by Gasteiger charge is -2.14. The fourth-order valence-electron chi connectivity index (χ4n) is 2.12. The molecule has 2 aromatic rings. The van der Waals surface area contributed by atoms with Crippen LogP contribution in [0, 0.1) is 6.92 Å². The molecule has 2 rings (SSSR count). The van der Waals surface area contributed by atoms with Gasteiger partial charge in [-0.05, 0) is 54.3 Å². The minimum Gasteiger partial charge on any atom is -0.483 e. The third-order valence-electron chi connectivity index (χ3n) is 3.28. The number of aryl methyl sites for hydroxylation is 1. The minimum atomic E-state index is -0.168. The fraction of sp³-hybridized carbons (Fsp3) is 0.278. The molecule has 0 heterocycles. The molecular weight excluding hydrogens is 342 g/mol. The van der Waals surface area contributed by atoms with E-state index in [1.165, 1.54) is 0 Å². The van der Waals surface area contributed by atoms with Crippen molar-refractivity contribution in [2.75, 3.05) is 11.9 Å². The number of hydrogen-bond donors (Lipinski definition) is 1. The van der Waals surface area contributed by atoms with Crippen molar-refractivity contribution in [3.8, 4) is 5.75 Å². The summed E-state index contributed by atoms with van der Waals surface area (Å²) in [5.41, 5.74) is 2.99. The zero-order valence-corrected chi connectivity index (χ0v) is 14.6. The van der Waals surface area contributed by atoms with Gasteiger partial charge in [0.2, 0.25) is 0 Å². The summed E-state index contributed by atoms with van der Waals surface area (Å²) in [5, 5.41) is 2.82. The van der Waals surface area contributed by atoms with Gasteiger partial charge in [-0.3, -0.25) is 4.79 Å². The van der Waals surface area contributed by atoms with Crippen LogP contribution >= 0.6 is 15.9 Å². The van der Waals surface area contributed by atoms with Crippen LogP contribution in [0.15, 0.2) is 46.9 Å². The highest BCUT2D eigenvalue weighted by molar-refractivity contribution is 9.10. The molecule has 0 unspecified atom stereocenters. The molecule has 0 radical (unpaired) electrons. The second-order valence-electron chi connectivity index (χ2n) is 5.54. The number of hydrogen-bond acceptors (Lipinski definition) is 2. The molecular formula is C18H20BrNO2. The van der Waals surface area contributed by atoms with E-state index in [0.717, 1.165) is 27.0 Å². The maximum atomic E-state index is 12.0. The molecule has 0 fully saturated rings. The number of carbonyl (C=O) groups is 1. The van der Waals surface area contributed by atoms with Crippen LogP contribution in [0.5, 0.6) is 5.75 Å². The molecule has 1 N–H and O–H groups in total. The van der Waals surface area contributed by atoms with E-state index in [4.69, 9.17) is 4.74 Å². The average molecular weight is 362 g/mol. The molecule has 3 nitrogen and oxygen atoms in total. The van der Waals surface area contributed by atoms with Crippen molar-refractivity contribution in [2.24, 2.45) is 0 Å². The van der Waals surface area contributed by atoms with Crippen molar-refractivity contribution in [1.29, 1.82) is 0 Å². The largest absolute Gasteiger partial charge is 0.483 e. The quantitative estimate of drug-likeness (QED) is 0.822. The number of ether oxygens (including phenoxy) is 1. The lowest BCUT2D eigenvalue weighted by atomic mass is 10.0. The van der Waals surface area contributed by atoms with Gasteiger partial charge >= 0.3 is 0 Å². The van der Waals surface area contributed by atoms with E-state index in [0.29, 0.717) is 5.92 Å². The summed E-state index contributed by atoms with van der Waals surface area (Å²) in [5.74, 6) is 0.963. The number of nitrogens with one attached hydrogen (secondary N) is 1. The number of amides is 1. The summed E-state index contributed by atoms with van der Waals surface area (Å²) in [4.78, 5) is 12.0. The van der Waals surface area contributed by atoms with Crippen molar-refractivity contribution < 1.29 is 9.53 Å². The highest BCUT2D eigenvalue weighted by atomic mass is 79.9. The molecule has 0 aromatic heterocycles.